The van der Waals surface area contributed by atoms with Crippen LogP contribution >= 0.6 is 22.9 Å². The molecule has 1 aromatic heterocycles. The highest BCUT2D eigenvalue weighted by Gasteiger charge is 2.27. The first-order chi connectivity index (χ1) is 11.9. The lowest BCUT2D eigenvalue weighted by atomic mass is 10.2. The number of hydrogen-bond donors (Lipinski definition) is 1. The molecule has 0 saturated carbocycles. The highest BCUT2D eigenvalue weighted by Crippen LogP contribution is 2.25. The highest BCUT2D eigenvalue weighted by molar-refractivity contribution is 7.89. The maximum absolute atomic E-state index is 12.7. The molecule has 1 amide bonds. The van der Waals surface area contributed by atoms with Gasteiger partial charge in [0.2, 0.25) is 10.0 Å². The number of nitrogens with zero attached hydrogens (tertiary/aromatic N) is 2. The van der Waals surface area contributed by atoms with Gasteiger partial charge in [0.05, 0.1) is 34.4 Å². The molecule has 0 bridgehead atoms. The minimum absolute atomic E-state index is 0.0271. The number of carbonyl (C=O) groups is 1. The standard InChI is InChI=1S/C15H16ClN3O4S2/c1-10-9-24-15(17-10)18-14(20)12-8-11(2-3-13(12)16)25(21,22)19-4-6-23-7-5-19/h2-3,8-9H,4-7H2,1H3,(H,17,18,20). The summed E-state index contributed by atoms with van der Waals surface area (Å²) in [5.41, 5.74) is 0.874. The van der Waals surface area contributed by atoms with Gasteiger partial charge in [-0.3, -0.25) is 10.1 Å². The second kappa shape index (κ2) is 7.38. The zero-order valence-electron chi connectivity index (χ0n) is 13.4. The molecule has 1 fully saturated rings. The van der Waals surface area contributed by atoms with E-state index in [1.807, 2.05) is 6.92 Å². The van der Waals surface area contributed by atoms with E-state index in [0.717, 1.165) is 5.69 Å². The number of rotatable bonds is 4. The molecule has 0 unspecified atom stereocenters. The lowest BCUT2D eigenvalue weighted by Gasteiger charge is -2.26. The number of thiazole rings is 1. The largest absolute Gasteiger partial charge is 0.379 e. The van der Waals surface area contributed by atoms with Gasteiger partial charge < -0.3 is 4.74 Å². The monoisotopic (exact) mass is 401 g/mol. The average Bonchev–Trinajstić information content (AvgIpc) is 3.00. The summed E-state index contributed by atoms with van der Waals surface area (Å²) in [7, 11) is -3.70. The quantitative estimate of drug-likeness (QED) is 0.849. The molecular weight excluding hydrogens is 386 g/mol. The second-order valence-corrected chi connectivity index (χ2v) is 8.61. The van der Waals surface area contributed by atoms with E-state index in [9.17, 15) is 13.2 Å². The third-order valence-corrected chi connectivity index (χ3v) is 6.73. The van der Waals surface area contributed by atoms with E-state index in [4.69, 9.17) is 16.3 Å². The van der Waals surface area contributed by atoms with E-state index in [2.05, 4.69) is 10.3 Å². The summed E-state index contributed by atoms with van der Waals surface area (Å²) in [4.78, 5) is 16.6. The number of halogens is 1. The van der Waals surface area contributed by atoms with Crippen LogP contribution in [0, 0.1) is 6.92 Å². The fraction of sp³-hybridized carbons (Fsp3) is 0.333. The second-order valence-electron chi connectivity index (χ2n) is 5.41. The molecule has 7 nitrogen and oxygen atoms in total. The van der Waals surface area contributed by atoms with Gasteiger partial charge in [0.15, 0.2) is 5.13 Å². The molecule has 0 spiro atoms. The predicted molar refractivity (Wildman–Crippen MR) is 95.8 cm³/mol. The molecule has 1 saturated heterocycles. The minimum atomic E-state index is -3.70. The topological polar surface area (TPSA) is 88.6 Å². The molecule has 2 heterocycles. The van der Waals surface area contributed by atoms with Gasteiger partial charge in [0, 0.05) is 18.5 Å². The Kier molecular flexibility index (Phi) is 5.40. The van der Waals surface area contributed by atoms with Crippen molar-refractivity contribution in [1.29, 1.82) is 0 Å². The number of aromatic nitrogens is 1. The number of hydrogen-bond acceptors (Lipinski definition) is 6. The van der Waals surface area contributed by atoms with Gasteiger partial charge in [-0.05, 0) is 25.1 Å². The van der Waals surface area contributed by atoms with E-state index in [-0.39, 0.29) is 28.6 Å². The van der Waals surface area contributed by atoms with Crippen LogP contribution in [0.2, 0.25) is 5.02 Å². The Bertz CT molecular complexity index is 892. The highest BCUT2D eigenvalue weighted by atomic mass is 35.5. The van der Waals surface area contributed by atoms with Gasteiger partial charge in [-0.1, -0.05) is 11.6 Å². The van der Waals surface area contributed by atoms with Crippen molar-refractivity contribution in [3.05, 3.63) is 39.9 Å². The van der Waals surface area contributed by atoms with Crippen LogP contribution in [0.4, 0.5) is 5.13 Å². The van der Waals surface area contributed by atoms with E-state index in [1.54, 1.807) is 5.38 Å². The first-order valence-corrected chi connectivity index (χ1v) is 10.2. The third kappa shape index (κ3) is 4.01. The van der Waals surface area contributed by atoms with Crippen molar-refractivity contribution in [2.45, 2.75) is 11.8 Å². The Morgan fingerprint density at radius 3 is 2.72 bits per heavy atom. The van der Waals surface area contributed by atoms with Crippen LogP contribution < -0.4 is 5.32 Å². The molecule has 2 aromatic rings. The molecule has 0 atom stereocenters. The summed E-state index contributed by atoms with van der Waals surface area (Å²) in [6, 6.07) is 4.11. The zero-order chi connectivity index (χ0) is 18.0. The Labute approximate surface area is 154 Å². The van der Waals surface area contributed by atoms with Crippen molar-refractivity contribution in [3.8, 4) is 0 Å². The van der Waals surface area contributed by atoms with Crippen LogP contribution in [0.25, 0.3) is 0 Å². The van der Waals surface area contributed by atoms with E-state index >= 15 is 0 Å². The molecule has 0 radical (unpaired) electrons. The normalized spacial score (nSPS) is 15.9. The van der Waals surface area contributed by atoms with Gasteiger partial charge >= 0.3 is 0 Å². The van der Waals surface area contributed by atoms with Crippen molar-refractivity contribution in [1.82, 2.24) is 9.29 Å². The number of benzene rings is 1. The number of ether oxygens (including phenoxy) is 1. The van der Waals surface area contributed by atoms with Crippen LogP contribution in [0.3, 0.4) is 0 Å². The molecule has 10 heteroatoms. The zero-order valence-corrected chi connectivity index (χ0v) is 15.7. The SMILES string of the molecule is Cc1csc(NC(=O)c2cc(S(=O)(=O)N3CCOCC3)ccc2Cl)n1. The molecule has 1 aromatic carbocycles. The summed E-state index contributed by atoms with van der Waals surface area (Å²) in [5.74, 6) is -0.502. The first-order valence-electron chi connectivity index (χ1n) is 7.49. The van der Waals surface area contributed by atoms with Crippen molar-refractivity contribution in [2.75, 3.05) is 31.6 Å². The molecule has 0 aliphatic carbocycles. The van der Waals surface area contributed by atoms with Crippen molar-refractivity contribution in [3.63, 3.8) is 0 Å². The van der Waals surface area contributed by atoms with Crippen LogP contribution in [0.15, 0.2) is 28.5 Å². The van der Waals surface area contributed by atoms with Crippen LogP contribution in [-0.4, -0.2) is 49.9 Å². The van der Waals surface area contributed by atoms with Crippen LogP contribution in [0.5, 0.6) is 0 Å². The van der Waals surface area contributed by atoms with Crippen LogP contribution in [0.1, 0.15) is 16.1 Å². The Hall–Kier alpha value is -1.52. The number of anilines is 1. The fourth-order valence-corrected chi connectivity index (χ4v) is 4.67. The lowest BCUT2D eigenvalue weighted by Crippen LogP contribution is -2.40. The summed E-state index contributed by atoms with van der Waals surface area (Å²) < 4.78 is 32.0. The predicted octanol–water partition coefficient (Wildman–Crippen LogP) is 2.38. The molecule has 3 rings (SSSR count). The molecule has 25 heavy (non-hydrogen) atoms. The molecule has 134 valence electrons. The van der Waals surface area contributed by atoms with E-state index in [1.165, 1.54) is 33.8 Å². The molecule has 1 aliphatic heterocycles. The van der Waals surface area contributed by atoms with Gasteiger partial charge in [-0.2, -0.15) is 4.31 Å². The summed E-state index contributed by atoms with van der Waals surface area (Å²) in [5, 5.41) is 5.04. The van der Waals surface area contributed by atoms with Gasteiger partial charge in [-0.15, -0.1) is 11.3 Å². The van der Waals surface area contributed by atoms with E-state index < -0.39 is 15.9 Å². The van der Waals surface area contributed by atoms with Gasteiger partial charge in [0.1, 0.15) is 0 Å². The number of aryl methyl sites for hydroxylation is 1. The number of amides is 1. The van der Waals surface area contributed by atoms with Gasteiger partial charge in [0.25, 0.3) is 5.91 Å². The van der Waals surface area contributed by atoms with Gasteiger partial charge in [-0.25, -0.2) is 13.4 Å². The maximum Gasteiger partial charge on any atom is 0.259 e. The smallest absolute Gasteiger partial charge is 0.259 e. The molecular formula is C15H16ClN3O4S2. The minimum Gasteiger partial charge on any atom is -0.379 e. The number of nitrogens with one attached hydrogen (secondary N) is 1. The number of carbonyl (C=O) groups excluding carboxylic acids is 1. The molecule has 1 N–H and O–H groups in total. The lowest BCUT2D eigenvalue weighted by molar-refractivity contribution is 0.0730. The Morgan fingerprint density at radius 1 is 1.36 bits per heavy atom. The molecule has 1 aliphatic rings. The van der Waals surface area contributed by atoms with Crippen LogP contribution in [-0.2, 0) is 14.8 Å². The summed E-state index contributed by atoms with van der Waals surface area (Å²) >= 11 is 7.38. The number of sulfonamides is 1. The van der Waals surface area contributed by atoms with Crippen molar-refractivity contribution >= 4 is 44.0 Å². The first kappa shape index (κ1) is 18.3. The summed E-state index contributed by atoms with van der Waals surface area (Å²) in [6.45, 7) is 3.08. The Morgan fingerprint density at radius 2 is 2.08 bits per heavy atom. The van der Waals surface area contributed by atoms with Crippen molar-refractivity contribution < 1.29 is 17.9 Å². The maximum atomic E-state index is 12.7. The number of morpholine rings is 1. The average molecular weight is 402 g/mol. The third-order valence-electron chi connectivity index (χ3n) is 3.63. The van der Waals surface area contributed by atoms with Crippen molar-refractivity contribution in [2.24, 2.45) is 0 Å². The Balaban J connectivity index is 1.88. The summed E-state index contributed by atoms with van der Waals surface area (Å²) in [6.07, 6.45) is 0. The fourth-order valence-electron chi connectivity index (χ4n) is 2.35. The van der Waals surface area contributed by atoms with E-state index in [0.29, 0.717) is 18.3 Å².